The lowest BCUT2D eigenvalue weighted by Crippen LogP contribution is -2.39. The predicted octanol–water partition coefficient (Wildman–Crippen LogP) is 2.09. The highest BCUT2D eigenvalue weighted by molar-refractivity contribution is 6.45. The Hall–Kier alpha value is -1.46. The van der Waals surface area contributed by atoms with E-state index in [1.54, 1.807) is 17.7 Å². The minimum atomic E-state index is -0.624. The van der Waals surface area contributed by atoms with Crippen molar-refractivity contribution in [3.63, 3.8) is 0 Å². The van der Waals surface area contributed by atoms with E-state index in [0.29, 0.717) is 13.1 Å². The van der Waals surface area contributed by atoms with E-state index < -0.39 is 13.1 Å². The highest BCUT2D eigenvalue weighted by Gasteiger charge is 2.21. The van der Waals surface area contributed by atoms with Gasteiger partial charge in [0.05, 0.1) is 0 Å². The molecule has 0 aromatic heterocycles. The van der Waals surface area contributed by atoms with E-state index in [4.69, 9.17) is 0 Å². The third-order valence-electron chi connectivity index (χ3n) is 2.61. The van der Waals surface area contributed by atoms with Gasteiger partial charge < -0.3 is 9.83 Å². The Bertz CT molecular complexity index is 357. The van der Waals surface area contributed by atoms with E-state index in [9.17, 15) is 9.93 Å². The normalized spacial score (nSPS) is 12.2. The molecule has 1 unspecified atom stereocenters. The number of rotatable bonds is 7. The van der Waals surface area contributed by atoms with Crippen molar-refractivity contribution in [1.82, 2.24) is 4.81 Å². The summed E-state index contributed by atoms with van der Waals surface area (Å²) >= 11 is 0. The van der Waals surface area contributed by atoms with Crippen LogP contribution in [0.3, 0.4) is 0 Å². The first-order valence-electron chi connectivity index (χ1n) is 5.59. The second-order valence-electron chi connectivity index (χ2n) is 3.91. The lowest BCUT2D eigenvalue weighted by Gasteiger charge is -2.23. The fourth-order valence-electron chi connectivity index (χ4n) is 1.64. The number of nitrogens with zero attached hydrogens (tertiary/aromatic N) is 2. The Morgan fingerprint density at radius 3 is 2.65 bits per heavy atom. The van der Waals surface area contributed by atoms with Crippen LogP contribution in [-0.4, -0.2) is 30.0 Å². The van der Waals surface area contributed by atoms with Crippen molar-refractivity contribution in [1.29, 1.82) is 0 Å². The van der Waals surface area contributed by atoms with Crippen molar-refractivity contribution in [2.24, 2.45) is 5.18 Å². The molecule has 1 atom stereocenters. The first-order valence-corrected chi connectivity index (χ1v) is 5.59. The van der Waals surface area contributed by atoms with E-state index in [-0.39, 0.29) is 0 Å². The topological polar surface area (TPSA) is 52.9 Å². The monoisotopic (exact) mass is 232 g/mol. The minimum Gasteiger partial charge on any atom is -0.437 e. The Balaban J connectivity index is 2.75. The van der Waals surface area contributed by atoms with Crippen molar-refractivity contribution < 1.29 is 5.02 Å². The smallest absolute Gasteiger partial charge is 0.376 e. The number of benzene rings is 1. The summed E-state index contributed by atoms with van der Waals surface area (Å²) in [4.78, 5) is 12.6. The standard InChI is InChI=1S/C12H17BN2O2/c1-3-9-15(13(2)16)10-12(14-17)11-7-5-4-6-8-11/h3-8,12,16H,1,9-10H2,2H3. The predicted molar refractivity (Wildman–Crippen MR) is 70.6 cm³/mol. The minimum absolute atomic E-state index is 0.386. The van der Waals surface area contributed by atoms with Gasteiger partial charge in [-0.25, -0.2) is 0 Å². The molecule has 5 heteroatoms. The summed E-state index contributed by atoms with van der Waals surface area (Å²) in [7, 11) is -0.624. The summed E-state index contributed by atoms with van der Waals surface area (Å²) < 4.78 is 0. The van der Waals surface area contributed by atoms with Gasteiger partial charge in [0.1, 0.15) is 6.04 Å². The molecule has 0 fully saturated rings. The molecule has 0 amide bonds. The SMILES string of the molecule is C=CCN(CC(N=O)c1ccccc1)B(C)O. The molecule has 90 valence electrons. The molecule has 1 N–H and O–H groups in total. The lowest BCUT2D eigenvalue weighted by atomic mass is 9.84. The summed E-state index contributed by atoms with van der Waals surface area (Å²) in [5.74, 6) is 0. The average molecular weight is 232 g/mol. The maximum Gasteiger partial charge on any atom is 0.376 e. The molecular weight excluding hydrogens is 215 g/mol. The van der Waals surface area contributed by atoms with Crippen LogP contribution in [0.15, 0.2) is 48.2 Å². The van der Waals surface area contributed by atoms with Crippen molar-refractivity contribution in [2.45, 2.75) is 12.9 Å². The van der Waals surface area contributed by atoms with E-state index in [1.165, 1.54) is 0 Å². The summed E-state index contributed by atoms with van der Waals surface area (Å²) in [5.41, 5.74) is 0.859. The summed E-state index contributed by atoms with van der Waals surface area (Å²) in [6, 6.07) is 8.88. The Morgan fingerprint density at radius 1 is 1.53 bits per heavy atom. The zero-order chi connectivity index (χ0) is 12.7. The molecule has 0 heterocycles. The van der Waals surface area contributed by atoms with Gasteiger partial charge in [-0.1, -0.05) is 41.6 Å². The molecule has 0 aliphatic heterocycles. The van der Waals surface area contributed by atoms with Crippen LogP contribution in [0.1, 0.15) is 11.6 Å². The van der Waals surface area contributed by atoms with Crippen LogP contribution in [0.25, 0.3) is 0 Å². The van der Waals surface area contributed by atoms with Crippen molar-refractivity contribution in [2.75, 3.05) is 13.1 Å². The van der Waals surface area contributed by atoms with Crippen molar-refractivity contribution in [3.05, 3.63) is 53.5 Å². The molecule has 17 heavy (non-hydrogen) atoms. The Morgan fingerprint density at radius 2 is 2.18 bits per heavy atom. The van der Waals surface area contributed by atoms with Crippen LogP contribution < -0.4 is 0 Å². The highest BCUT2D eigenvalue weighted by atomic mass is 16.3. The summed E-state index contributed by atoms with van der Waals surface area (Å²) in [5, 5.41) is 12.7. The van der Waals surface area contributed by atoms with E-state index in [1.807, 2.05) is 30.3 Å². The molecule has 0 radical (unpaired) electrons. The van der Waals surface area contributed by atoms with Gasteiger partial charge in [-0.2, -0.15) is 4.91 Å². The van der Waals surface area contributed by atoms with Crippen LogP contribution >= 0.6 is 0 Å². The maximum atomic E-state index is 10.9. The van der Waals surface area contributed by atoms with Crippen molar-refractivity contribution >= 4 is 7.05 Å². The van der Waals surface area contributed by atoms with Gasteiger partial charge in [-0.3, -0.25) is 0 Å². The summed E-state index contributed by atoms with van der Waals surface area (Å²) in [6.45, 7) is 6.20. The van der Waals surface area contributed by atoms with Crippen LogP contribution in [0.4, 0.5) is 0 Å². The summed E-state index contributed by atoms with van der Waals surface area (Å²) in [6.07, 6.45) is 1.69. The van der Waals surface area contributed by atoms with Gasteiger partial charge in [-0.15, -0.1) is 6.58 Å². The number of hydrogen-bond acceptors (Lipinski definition) is 4. The molecule has 0 aliphatic carbocycles. The van der Waals surface area contributed by atoms with Crippen LogP contribution in [-0.2, 0) is 0 Å². The number of hydrogen-bond donors (Lipinski definition) is 1. The largest absolute Gasteiger partial charge is 0.437 e. The third kappa shape index (κ3) is 4.13. The molecule has 0 spiro atoms. The zero-order valence-corrected chi connectivity index (χ0v) is 9.99. The van der Waals surface area contributed by atoms with Crippen LogP contribution in [0, 0.1) is 4.91 Å². The molecule has 1 aromatic rings. The molecule has 0 saturated carbocycles. The molecular formula is C12H17BN2O2. The fraction of sp³-hybridized carbons (Fsp3) is 0.333. The first kappa shape index (κ1) is 13.6. The molecule has 0 saturated heterocycles. The highest BCUT2D eigenvalue weighted by Crippen LogP contribution is 2.18. The van der Waals surface area contributed by atoms with Crippen LogP contribution in [0.2, 0.25) is 6.82 Å². The van der Waals surface area contributed by atoms with Gasteiger partial charge in [0.2, 0.25) is 0 Å². The second kappa shape index (κ2) is 6.99. The third-order valence-corrected chi connectivity index (χ3v) is 2.61. The zero-order valence-electron chi connectivity index (χ0n) is 9.99. The van der Waals surface area contributed by atoms with Crippen LogP contribution in [0.5, 0.6) is 0 Å². The fourth-order valence-corrected chi connectivity index (χ4v) is 1.64. The molecule has 0 bridgehead atoms. The van der Waals surface area contributed by atoms with Gasteiger partial charge in [0, 0.05) is 13.1 Å². The molecule has 0 aliphatic rings. The van der Waals surface area contributed by atoms with Crippen molar-refractivity contribution in [3.8, 4) is 0 Å². The second-order valence-corrected chi connectivity index (χ2v) is 3.91. The quantitative estimate of drug-likeness (QED) is 0.445. The van der Waals surface area contributed by atoms with Gasteiger partial charge in [-0.05, 0) is 12.4 Å². The molecule has 1 rings (SSSR count). The maximum absolute atomic E-state index is 10.9. The number of nitroso groups, excluding NO2 is 1. The first-order chi connectivity index (χ1) is 8.19. The van der Waals surface area contributed by atoms with Gasteiger partial charge >= 0.3 is 7.05 Å². The Kier molecular flexibility index (Phi) is 5.59. The van der Waals surface area contributed by atoms with E-state index in [2.05, 4.69) is 11.8 Å². The lowest BCUT2D eigenvalue weighted by molar-refractivity contribution is 0.370. The average Bonchev–Trinajstić information content (AvgIpc) is 2.35. The van der Waals surface area contributed by atoms with E-state index >= 15 is 0 Å². The van der Waals surface area contributed by atoms with Gasteiger partial charge in [0.25, 0.3) is 0 Å². The Labute approximate surface area is 102 Å². The van der Waals surface area contributed by atoms with Gasteiger partial charge in [0.15, 0.2) is 0 Å². The van der Waals surface area contributed by atoms with E-state index in [0.717, 1.165) is 5.56 Å². The molecule has 4 nitrogen and oxygen atoms in total. The molecule has 1 aromatic carbocycles.